The normalized spacial score (nSPS) is 28.4. The topological polar surface area (TPSA) is 58.2 Å². The van der Waals surface area contributed by atoms with E-state index in [1.54, 1.807) is 0 Å². The zero-order chi connectivity index (χ0) is 23.0. The van der Waals surface area contributed by atoms with E-state index < -0.39 is 0 Å². The van der Waals surface area contributed by atoms with Gasteiger partial charge in [0.2, 0.25) is 5.91 Å². The summed E-state index contributed by atoms with van der Waals surface area (Å²) in [6.07, 6.45) is 7.52. The fraction of sp³-hybridized carbons (Fsp3) is 0.481. The van der Waals surface area contributed by atoms with Crippen LogP contribution in [-0.4, -0.2) is 23.1 Å². The Labute approximate surface area is 205 Å². The smallest absolute Gasteiger partial charge is 0.252 e. The van der Waals surface area contributed by atoms with Gasteiger partial charge in [0, 0.05) is 15.5 Å². The summed E-state index contributed by atoms with van der Waals surface area (Å²) < 4.78 is 0. The average molecular weight is 483 g/mol. The molecular formula is C27H31ClN2O2S. The molecule has 4 saturated carbocycles. The summed E-state index contributed by atoms with van der Waals surface area (Å²) in [7, 11) is 0. The van der Waals surface area contributed by atoms with Crippen molar-refractivity contribution in [2.75, 3.05) is 5.75 Å². The molecule has 0 aliphatic heterocycles. The molecule has 0 saturated heterocycles. The van der Waals surface area contributed by atoms with Crippen LogP contribution in [0.4, 0.5) is 0 Å². The first kappa shape index (κ1) is 22.8. The monoisotopic (exact) mass is 482 g/mol. The van der Waals surface area contributed by atoms with E-state index in [0.29, 0.717) is 16.3 Å². The Hall–Kier alpha value is -1.98. The molecule has 0 heterocycles. The van der Waals surface area contributed by atoms with Crippen molar-refractivity contribution in [3.63, 3.8) is 0 Å². The maximum atomic E-state index is 13.0. The first-order valence-corrected chi connectivity index (χ1v) is 13.4. The number of hydrogen-bond donors (Lipinski definition) is 2. The largest absolute Gasteiger partial charge is 0.350 e. The number of halogens is 1. The van der Waals surface area contributed by atoms with Gasteiger partial charge in [0.25, 0.3) is 5.91 Å². The highest BCUT2D eigenvalue weighted by Gasteiger charge is 2.51. The number of amides is 2. The van der Waals surface area contributed by atoms with E-state index in [4.69, 9.17) is 11.6 Å². The van der Waals surface area contributed by atoms with Crippen LogP contribution >= 0.6 is 23.4 Å². The number of nitrogens with one attached hydrogen (secondary N) is 2. The molecule has 33 heavy (non-hydrogen) atoms. The molecule has 4 nitrogen and oxygen atoms in total. The van der Waals surface area contributed by atoms with Crippen molar-refractivity contribution in [3.05, 3.63) is 64.7 Å². The standard InChI is InChI=1S/C27H31ClN2O2S/c1-17(21-6-2-4-8-23(21)28)29-26(32)22-7-3-5-9-24(22)33-16-25(31)30-27-13-18-10-19(14-27)12-20(11-18)15-27/h2-9,17-20H,10-16H2,1H3,(H,29,32)(H,30,31). The molecule has 1 atom stereocenters. The quantitative estimate of drug-likeness (QED) is 0.475. The molecular weight excluding hydrogens is 452 g/mol. The predicted molar refractivity (Wildman–Crippen MR) is 134 cm³/mol. The van der Waals surface area contributed by atoms with Gasteiger partial charge in [-0.25, -0.2) is 0 Å². The van der Waals surface area contributed by atoms with Crippen molar-refractivity contribution >= 4 is 35.2 Å². The van der Waals surface area contributed by atoms with Crippen LogP contribution < -0.4 is 10.6 Å². The van der Waals surface area contributed by atoms with Crippen molar-refractivity contribution in [1.29, 1.82) is 0 Å². The lowest BCUT2D eigenvalue weighted by molar-refractivity contribution is -0.124. The van der Waals surface area contributed by atoms with Gasteiger partial charge < -0.3 is 10.6 Å². The lowest BCUT2D eigenvalue weighted by Gasteiger charge is -2.56. The zero-order valence-corrected chi connectivity index (χ0v) is 20.6. The van der Waals surface area contributed by atoms with E-state index >= 15 is 0 Å². The Bertz CT molecular complexity index is 1020. The summed E-state index contributed by atoms with van der Waals surface area (Å²) in [5, 5.41) is 7.11. The van der Waals surface area contributed by atoms with Crippen LogP contribution in [0.25, 0.3) is 0 Å². The summed E-state index contributed by atoms with van der Waals surface area (Å²) >= 11 is 7.73. The van der Waals surface area contributed by atoms with Gasteiger partial charge in [-0.1, -0.05) is 41.9 Å². The van der Waals surface area contributed by atoms with Crippen LogP contribution in [0.3, 0.4) is 0 Å². The number of benzene rings is 2. The van der Waals surface area contributed by atoms with Crippen molar-refractivity contribution < 1.29 is 9.59 Å². The highest BCUT2D eigenvalue weighted by atomic mass is 35.5. The van der Waals surface area contributed by atoms with Crippen molar-refractivity contribution in [3.8, 4) is 0 Å². The number of thioether (sulfide) groups is 1. The van der Waals surface area contributed by atoms with Crippen LogP contribution in [0.5, 0.6) is 0 Å². The highest BCUT2D eigenvalue weighted by molar-refractivity contribution is 8.00. The molecule has 2 N–H and O–H groups in total. The van der Waals surface area contributed by atoms with Crippen LogP contribution in [0.1, 0.15) is 67.4 Å². The third-order valence-electron chi connectivity index (χ3n) is 7.65. The molecule has 0 radical (unpaired) electrons. The maximum Gasteiger partial charge on any atom is 0.252 e. The lowest BCUT2D eigenvalue weighted by atomic mass is 9.53. The number of rotatable bonds is 7. The van der Waals surface area contributed by atoms with E-state index in [2.05, 4.69) is 10.6 Å². The number of carbonyl (C=O) groups is 2. The first-order valence-electron chi connectivity index (χ1n) is 12.0. The van der Waals surface area contributed by atoms with E-state index in [1.807, 2.05) is 55.5 Å². The van der Waals surface area contributed by atoms with Gasteiger partial charge in [-0.05, 0) is 87.0 Å². The molecule has 0 aromatic heterocycles. The summed E-state index contributed by atoms with van der Waals surface area (Å²) in [6, 6.07) is 14.8. The van der Waals surface area contributed by atoms with Gasteiger partial charge in [0.05, 0.1) is 17.4 Å². The second-order valence-corrected chi connectivity index (χ2v) is 11.7. The van der Waals surface area contributed by atoms with E-state index in [0.717, 1.165) is 47.5 Å². The molecule has 4 fully saturated rings. The molecule has 2 aromatic carbocycles. The Kier molecular flexibility index (Phi) is 6.45. The molecule has 174 valence electrons. The van der Waals surface area contributed by atoms with Gasteiger partial charge in [0.15, 0.2) is 0 Å². The second kappa shape index (κ2) is 9.34. The average Bonchev–Trinajstić information content (AvgIpc) is 2.77. The lowest BCUT2D eigenvalue weighted by Crippen LogP contribution is -2.60. The molecule has 4 aliphatic rings. The fourth-order valence-electron chi connectivity index (χ4n) is 6.70. The van der Waals surface area contributed by atoms with Crippen LogP contribution in [-0.2, 0) is 4.79 Å². The maximum absolute atomic E-state index is 13.0. The Morgan fingerprint density at radius 2 is 1.61 bits per heavy atom. The minimum atomic E-state index is -0.219. The summed E-state index contributed by atoms with van der Waals surface area (Å²) in [4.78, 5) is 26.8. The van der Waals surface area contributed by atoms with E-state index in [9.17, 15) is 9.59 Å². The van der Waals surface area contributed by atoms with Gasteiger partial charge in [-0.2, -0.15) is 0 Å². The minimum Gasteiger partial charge on any atom is -0.350 e. The van der Waals surface area contributed by atoms with Crippen molar-refractivity contribution in [1.82, 2.24) is 10.6 Å². The molecule has 2 aromatic rings. The summed E-state index contributed by atoms with van der Waals surface area (Å²) in [5.41, 5.74) is 1.49. The first-order chi connectivity index (χ1) is 15.9. The summed E-state index contributed by atoms with van der Waals surface area (Å²) in [5.74, 6) is 2.65. The molecule has 1 unspecified atom stereocenters. The zero-order valence-electron chi connectivity index (χ0n) is 19.0. The van der Waals surface area contributed by atoms with Crippen molar-refractivity contribution in [2.45, 2.75) is 61.9 Å². The van der Waals surface area contributed by atoms with Gasteiger partial charge in [0.1, 0.15) is 0 Å². The number of hydrogen-bond acceptors (Lipinski definition) is 3. The second-order valence-electron chi connectivity index (χ2n) is 10.2. The van der Waals surface area contributed by atoms with Gasteiger partial charge in [-0.15, -0.1) is 11.8 Å². The Morgan fingerprint density at radius 1 is 1.00 bits per heavy atom. The molecule has 4 bridgehead atoms. The van der Waals surface area contributed by atoms with Crippen molar-refractivity contribution in [2.24, 2.45) is 17.8 Å². The van der Waals surface area contributed by atoms with E-state index in [1.165, 1.54) is 31.0 Å². The van der Waals surface area contributed by atoms with Crippen LogP contribution in [0.15, 0.2) is 53.4 Å². The third-order valence-corrected chi connectivity index (χ3v) is 9.07. The predicted octanol–water partition coefficient (Wildman–Crippen LogP) is 6.01. The molecule has 0 spiro atoms. The fourth-order valence-corrected chi connectivity index (χ4v) is 7.85. The Balaban J connectivity index is 1.21. The Morgan fingerprint density at radius 3 is 2.27 bits per heavy atom. The molecule has 4 aliphatic carbocycles. The van der Waals surface area contributed by atoms with Crippen LogP contribution in [0, 0.1) is 17.8 Å². The molecule has 6 heteroatoms. The molecule has 2 amide bonds. The molecule has 6 rings (SSSR count). The SMILES string of the molecule is CC(NC(=O)c1ccccc1SCC(=O)NC12CC3CC(CC(C3)C1)C2)c1ccccc1Cl. The van der Waals surface area contributed by atoms with Crippen LogP contribution in [0.2, 0.25) is 5.02 Å². The summed E-state index contributed by atoms with van der Waals surface area (Å²) in [6.45, 7) is 1.92. The highest BCUT2D eigenvalue weighted by Crippen LogP contribution is 2.55. The third kappa shape index (κ3) is 4.95. The van der Waals surface area contributed by atoms with Gasteiger partial charge >= 0.3 is 0 Å². The minimum absolute atomic E-state index is 0.0215. The number of carbonyl (C=O) groups excluding carboxylic acids is 2. The van der Waals surface area contributed by atoms with Gasteiger partial charge in [-0.3, -0.25) is 9.59 Å². The van der Waals surface area contributed by atoms with E-state index in [-0.39, 0.29) is 23.4 Å².